The fraction of sp³-hybridized carbons (Fsp3) is 0.903. The number of allylic oxidation sites excluding steroid dienone is 4. The van der Waals surface area contributed by atoms with Crippen molar-refractivity contribution in [2.24, 2.45) is 0 Å². The molecule has 0 spiro atoms. The minimum atomic E-state index is -4.38. The molecule has 0 fully saturated rings. The molecule has 0 aromatic carbocycles. The van der Waals surface area contributed by atoms with E-state index in [0.29, 0.717) is 17.4 Å². The Morgan fingerprint density at radius 3 is 1.03 bits per heavy atom. The summed E-state index contributed by atoms with van der Waals surface area (Å²) in [5.41, 5.74) is 0. The molecule has 1 N–H and O–H groups in total. The molecule has 0 heterocycles. The molecule has 10 heteroatoms. The fourth-order valence-corrected chi connectivity index (χ4v) is 9.87. The van der Waals surface area contributed by atoms with Gasteiger partial charge in [0.1, 0.15) is 19.8 Å². The predicted octanol–water partition coefficient (Wildman–Crippen LogP) is 19.4. The van der Waals surface area contributed by atoms with Crippen molar-refractivity contribution in [1.82, 2.24) is 0 Å². The number of hydrogen-bond donors (Lipinski definition) is 1. The molecule has 0 aromatic rings. The van der Waals surface area contributed by atoms with Gasteiger partial charge in [-0.2, -0.15) is 0 Å². The Morgan fingerprint density at radius 1 is 0.417 bits per heavy atom. The Hall–Kier alpha value is -1.51. The van der Waals surface area contributed by atoms with Crippen LogP contribution >= 0.6 is 7.82 Å². The van der Waals surface area contributed by atoms with Crippen LogP contribution in [0.15, 0.2) is 24.3 Å². The quantitative estimate of drug-likeness (QED) is 0.0211. The molecule has 0 aliphatic heterocycles. The topological polar surface area (TPSA) is 108 Å². The standard InChI is InChI=1S/C62H120NO8P/c1-6-8-10-12-14-16-18-20-22-24-25-26-27-28-29-30-31-32-33-34-35-36-37-39-41-43-45-47-49-51-53-55-62(65)71-60(59-70-72(66,67)69-57-56-63(3,4)5)58-68-61(64)54-52-50-48-46-44-42-40-38-23-21-19-17-15-13-11-9-7-2/h21,23-25,60H,6-20,22,26-59H2,1-5H3/p+1/b23-21-,25-24-. The summed E-state index contributed by atoms with van der Waals surface area (Å²) in [6, 6.07) is 0. The van der Waals surface area contributed by atoms with Crippen LogP contribution in [0.2, 0.25) is 0 Å². The van der Waals surface area contributed by atoms with Gasteiger partial charge in [0, 0.05) is 12.8 Å². The number of carbonyl (C=O) groups excluding carboxylic acids is 2. The number of rotatable bonds is 58. The summed E-state index contributed by atoms with van der Waals surface area (Å²) in [6.45, 7) is 4.47. The molecular weight excluding hydrogens is 918 g/mol. The van der Waals surface area contributed by atoms with E-state index in [-0.39, 0.29) is 32.0 Å². The van der Waals surface area contributed by atoms with E-state index in [1.807, 2.05) is 21.1 Å². The van der Waals surface area contributed by atoms with Crippen molar-refractivity contribution < 1.29 is 42.1 Å². The van der Waals surface area contributed by atoms with E-state index in [1.165, 1.54) is 244 Å². The van der Waals surface area contributed by atoms with Gasteiger partial charge < -0.3 is 18.9 Å². The highest BCUT2D eigenvalue weighted by Gasteiger charge is 2.27. The SMILES string of the molecule is CCCCCCCC/C=C\CCCCCCCCCC(=O)OCC(COP(=O)(O)OCC[N+](C)(C)C)OC(=O)CCCCCCCCCCCCCCCCCCCCC/C=C\CCCCCCCCCC. The Kier molecular flexibility index (Phi) is 53.1. The van der Waals surface area contributed by atoms with Crippen molar-refractivity contribution in [1.29, 1.82) is 0 Å². The molecule has 2 atom stereocenters. The van der Waals surface area contributed by atoms with Gasteiger partial charge in [0.2, 0.25) is 0 Å². The van der Waals surface area contributed by atoms with Crippen LogP contribution in [0.5, 0.6) is 0 Å². The second-order valence-corrected chi connectivity index (χ2v) is 23.9. The van der Waals surface area contributed by atoms with E-state index in [9.17, 15) is 19.0 Å². The van der Waals surface area contributed by atoms with Gasteiger partial charge in [-0.1, -0.05) is 256 Å². The van der Waals surface area contributed by atoms with Crippen molar-refractivity contribution in [3.63, 3.8) is 0 Å². The number of likely N-dealkylation sites (N-methyl/N-ethyl adjacent to an activating group) is 1. The molecule has 426 valence electrons. The summed E-state index contributed by atoms with van der Waals surface area (Å²) in [6.07, 6.45) is 65.5. The summed E-state index contributed by atoms with van der Waals surface area (Å²) in [5, 5.41) is 0. The number of nitrogens with zero attached hydrogens (tertiary/aromatic N) is 1. The molecule has 0 bridgehead atoms. The minimum Gasteiger partial charge on any atom is -0.462 e. The average Bonchev–Trinajstić information content (AvgIpc) is 3.34. The number of carbonyl (C=O) groups is 2. The Labute approximate surface area is 447 Å². The third-order valence-electron chi connectivity index (χ3n) is 14.0. The van der Waals surface area contributed by atoms with Crippen molar-refractivity contribution in [2.75, 3.05) is 47.5 Å². The Bertz CT molecular complexity index is 1270. The molecule has 72 heavy (non-hydrogen) atoms. The number of quaternary nitrogens is 1. The van der Waals surface area contributed by atoms with Crippen LogP contribution in [-0.2, 0) is 32.7 Å². The van der Waals surface area contributed by atoms with Gasteiger partial charge in [-0.25, -0.2) is 4.57 Å². The van der Waals surface area contributed by atoms with E-state index < -0.39 is 26.5 Å². The van der Waals surface area contributed by atoms with Gasteiger partial charge >= 0.3 is 19.8 Å². The molecular formula is C62H121NO8P+. The second-order valence-electron chi connectivity index (χ2n) is 22.4. The maximum Gasteiger partial charge on any atom is 0.472 e. The highest BCUT2D eigenvalue weighted by molar-refractivity contribution is 7.47. The largest absolute Gasteiger partial charge is 0.472 e. The zero-order valence-corrected chi connectivity index (χ0v) is 49.3. The monoisotopic (exact) mass is 1040 g/mol. The van der Waals surface area contributed by atoms with Crippen molar-refractivity contribution in [3.05, 3.63) is 24.3 Å². The van der Waals surface area contributed by atoms with Crippen molar-refractivity contribution >= 4 is 19.8 Å². The van der Waals surface area contributed by atoms with E-state index in [0.717, 1.165) is 32.1 Å². The van der Waals surface area contributed by atoms with E-state index in [2.05, 4.69) is 38.2 Å². The van der Waals surface area contributed by atoms with Crippen LogP contribution in [0.25, 0.3) is 0 Å². The number of phosphoric ester groups is 1. The average molecular weight is 1040 g/mol. The summed E-state index contributed by atoms with van der Waals surface area (Å²) >= 11 is 0. The molecule has 2 unspecified atom stereocenters. The molecule has 9 nitrogen and oxygen atoms in total. The Balaban J connectivity index is 4.02. The minimum absolute atomic E-state index is 0.0338. The van der Waals surface area contributed by atoms with Gasteiger partial charge in [-0.3, -0.25) is 18.6 Å². The lowest BCUT2D eigenvalue weighted by Gasteiger charge is -2.24. The summed E-state index contributed by atoms with van der Waals surface area (Å²) in [7, 11) is 1.49. The third kappa shape index (κ3) is 57.8. The smallest absolute Gasteiger partial charge is 0.462 e. The zero-order chi connectivity index (χ0) is 52.7. The molecule has 0 rings (SSSR count). The van der Waals surface area contributed by atoms with Gasteiger partial charge in [0.25, 0.3) is 0 Å². The normalized spacial score (nSPS) is 13.4. The van der Waals surface area contributed by atoms with Gasteiger partial charge in [-0.05, 0) is 64.2 Å². The van der Waals surface area contributed by atoms with E-state index in [1.54, 1.807) is 0 Å². The van der Waals surface area contributed by atoms with E-state index in [4.69, 9.17) is 18.5 Å². The summed E-state index contributed by atoms with van der Waals surface area (Å²) in [5.74, 6) is -0.786. The fourth-order valence-electron chi connectivity index (χ4n) is 9.13. The van der Waals surface area contributed by atoms with Crippen molar-refractivity contribution in [2.45, 2.75) is 315 Å². The van der Waals surface area contributed by atoms with E-state index >= 15 is 0 Å². The maximum atomic E-state index is 12.8. The first-order chi connectivity index (χ1) is 35.0. The van der Waals surface area contributed by atoms with Crippen LogP contribution in [0, 0.1) is 0 Å². The lowest BCUT2D eigenvalue weighted by atomic mass is 10.0. The van der Waals surface area contributed by atoms with Gasteiger partial charge in [0.05, 0.1) is 27.7 Å². The molecule has 0 aromatic heterocycles. The number of esters is 2. The highest BCUT2D eigenvalue weighted by Crippen LogP contribution is 2.43. The molecule has 0 amide bonds. The van der Waals surface area contributed by atoms with Gasteiger partial charge in [-0.15, -0.1) is 0 Å². The number of unbranched alkanes of at least 4 members (excludes halogenated alkanes) is 40. The lowest BCUT2D eigenvalue weighted by molar-refractivity contribution is -0.870. The van der Waals surface area contributed by atoms with Gasteiger partial charge in [0.15, 0.2) is 6.10 Å². The molecule has 0 aliphatic rings. The van der Waals surface area contributed by atoms with Crippen LogP contribution < -0.4 is 0 Å². The van der Waals surface area contributed by atoms with Crippen LogP contribution in [0.4, 0.5) is 0 Å². The first-order valence-corrected chi connectivity index (χ1v) is 32.6. The second kappa shape index (κ2) is 54.3. The molecule has 0 radical (unpaired) electrons. The first kappa shape index (κ1) is 70.5. The van der Waals surface area contributed by atoms with Crippen molar-refractivity contribution in [3.8, 4) is 0 Å². The number of phosphoric acid groups is 1. The van der Waals surface area contributed by atoms with Crippen LogP contribution in [0.3, 0.4) is 0 Å². The highest BCUT2D eigenvalue weighted by atomic mass is 31.2. The van der Waals surface area contributed by atoms with Crippen LogP contribution in [-0.4, -0.2) is 74.9 Å². The number of hydrogen-bond acceptors (Lipinski definition) is 7. The summed E-state index contributed by atoms with van der Waals surface area (Å²) < 4.78 is 34.6. The Morgan fingerprint density at radius 2 is 0.708 bits per heavy atom. The predicted molar refractivity (Wildman–Crippen MR) is 307 cm³/mol. The maximum absolute atomic E-state index is 12.8. The number of ether oxygens (including phenoxy) is 2. The lowest BCUT2D eigenvalue weighted by Crippen LogP contribution is -2.37. The first-order valence-electron chi connectivity index (χ1n) is 31.1. The summed E-state index contributed by atoms with van der Waals surface area (Å²) in [4.78, 5) is 35.7. The zero-order valence-electron chi connectivity index (χ0n) is 48.4. The van der Waals surface area contributed by atoms with Crippen LogP contribution in [0.1, 0.15) is 309 Å². The third-order valence-corrected chi connectivity index (χ3v) is 14.9. The molecule has 0 saturated heterocycles. The molecule has 0 saturated carbocycles. The molecule has 0 aliphatic carbocycles.